The standard InChI is InChI=1S/C20H21F3N2O2S/c1-19(2)11-16(15-9-8-14(26-3)10-17(15)27-19)25-18(28)24-13-6-4-12(5-7-13)20(21,22)23/h4-10,16H,11H2,1-3H3,(H2,24,25,28)/t16-/m0/s1. The van der Waals surface area contributed by atoms with Gasteiger partial charge in [-0.25, -0.2) is 0 Å². The van der Waals surface area contributed by atoms with Gasteiger partial charge in [-0.2, -0.15) is 13.2 Å². The number of fused-ring (bicyclic) bond motifs is 1. The number of alkyl halides is 3. The first kappa shape index (κ1) is 20.3. The Morgan fingerprint density at radius 2 is 1.86 bits per heavy atom. The normalized spacial score (nSPS) is 17.9. The molecule has 0 spiro atoms. The van der Waals surface area contributed by atoms with Crippen LogP contribution in [-0.4, -0.2) is 17.8 Å². The lowest BCUT2D eigenvalue weighted by Crippen LogP contribution is -2.42. The molecule has 0 amide bonds. The minimum Gasteiger partial charge on any atom is -0.497 e. The van der Waals surface area contributed by atoms with Gasteiger partial charge in [-0.1, -0.05) is 0 Å². The number of hydrogen-bond donors (Lipinski definition) is 2. The average molecular weight is 410 g/mol. The molecule has 1 aliphatic rings. The van der Waals surface area contributed by atoms with Crippen LogP contribution in [0.4, 0.5) is 18.9 Å². The van der Waals surface area contributed by atoms with Gasteiger partial charge in [0.25, 0.3) is 0 Å². The van der Waals surface area contributed by atoms with Gasteiger partial charge in [-0.3, -0.25) is 0 Å². The van der Waals surface area contributed by atoms with Crippen molar-refractivity contribution in [2.45, 2.75) is 38.1 Å². The fourth-order valence-electron chi connectivity index (χ4n) is 3.16. The Balaban J connectivity index is 1.73. The predicted octanol–water partition coefficient (Wildman–Crippen LogP) is 5.30. The Bertz CT molecular complexity index is 867. The van der Waals surface area contributed by atoms with Crippen LogP contribution >= 0.6 is 12.2 Å². The van der Waals surface area contributed by atoms with Crippen molar-refractivity contribution in [2.24, 2.45) is 0 Å². The van der Waals surface area contributed by atoms with Gasteiger partial charge in [-0.05, 0) is 62.5 Å². The lowest BCUT2D eigenvalue weighted by Gasteiger charge is -2.38. The summed E-state index contributed by atoms with van der Waals surface area (Å²) in [4.78, 5) is 0. The summed E-state index contributed by atoms with van der Waals surface area (Å²) in [6.07, 6.45) is -3.70. The van der Waals surface area contributed by atoms with Crippen molar-refractivity contribution in [1.29, 1.82) is 0 Å². The van der Waals surface area contributed by atoms with Crippen LogP contribution in [0.2, 0.25) is 0 Å². The fourth-order valence-corrected chi connectivity index (χ4v) is 3.42. The molecule has 0 saturated carbocycles. The Hall–Kier alpha value is -2.48. The third-order valence-corrected chi connectivity index (χ3v) is 4.67. The van der Waals surface area contributed by atoms with Crippen molar-refractivity contribution < 1.29 is 22.6 Å². The predicted molar refractivity (Wildman–Crippen MR) is 106 cm³/mol. The summed E-state index contributed by atoms with van der Waals surface area (Å²) in [6.45, 7) is 3.97. The Morgan fingerprint density at radius 3 is 2.46 bits per heavy atom. The monoisotopic (exact) mass is 410 g/mol. The van der Waals surface area contributed by atoms with Crippen LogP contribution in [-0.2, 0) is 6.18 Å². The third kappa shape index (κ3) is 4.67. The van der Waals surface area contributed by atoms with Crippen LogP contribution in [0.1, 0.15) is 37.4 Å². The van der Waals surface area contributed by atoms with Gasteiger partial charge in [0.05, 0.1) is 18.7 Å². The molecule has 28 heavy (non-hydrogen) atoms. The SMILES string of the molecule is COc1ccc2c(c1)OC(C)(C)C[C@@H]2NC(=S)Nc1ccc(C(F)(F)F)cc1. The second kappa shape index (κ2) is 7.50. The number of nitrogens with one attached hydrogen (secondary N) is 2. The molecule has 0 unspecified atom stereocenters. The third-order valence-electron chi connectivity index (χ3n) is 4.45. The molecule has 0 aliphatic carbocycles. The Kier molecular flexibility index (Phi) is 5.43. The number of ether oxygens (including phenoxy) is 2. The maximum atomic E-state index is 12.7. The van der Waals surface area contributed by atoms with Crippen LogP contribution in [0.25, 0.3) is 0 Å². The van der Waals surface area contributed by atoms with E-state index in [1.54, 1.807) is 7.11 Å². The molecule has 0 radical (unpaired) electrons. The molecule has 1 heterocycles. The van der Waals surface area contributed by atoms with Gasteiger partial charge in [-0.15, -0.1) is 0 Å². The van der Waals surface area contributed by atoms with Crippen LogP contribution < -0.4 is 20.1 Å². The quantitative estimate of drug-likeness (QED) is 0.672. The van der Waals surface area contributed by atoms with Gasteiger partial charge in [0.15, 0.2) is 5.11 Å². The summed E-state index contributed by atoms with van der Waals surface area (Å²) >= 11 is 5.37. The summed E-state index contributed by atoms with van der Waals surface area (Å²) in [5.41, 5.74) is 0.301. The van der Waals surface area contributed by atoms with E-state index in [2.05, 4.69) is 10.6 Å². The zero-order chi connectivity index (χ0) is 20.5. The van der Waals surface area contributed by atoms with E-state index < -0.39 is 17.3 Å². The molecule has 0 saturated heterocycles. The number of benzene rings is 2. The molecule has 1 atom stereocenters. The zero-order valence-electron chi connectivity index (χ0n) is 15.7. The zero-order valence-corrected chi connectivity index (χ0v) is 16.5. The number of hydrogen-bond acceptors (Lipinski definition) is 3. The van der Waals surface area contributed by atoms with Crippen molar-refractivity contribution in [3.63, 3.8) is 0 Å². The maximum absolute atomic E-state index is 12.7. The van der Waals surface area contributed by atoms with Crippen molar-refractivity contribution in [3.8, 4) is 11.5 Å². The highest BCUT2D eigenvalue weighted by molar-refractivity contribution is 7.80. The minimum absolute atomic E-state index is 0.112. The number of halogens is 3. The molecule has 0 fully saturated rings. The molecule has 4 nitrogen and oxygen atoms in total. The highest BCUT2D eigenvalue weighted by Crippen LogP contribution is 2.41. The molecule has 0 bridgehead atoms. The maximum Gasteiger partial charge on any atom is 0.416 e. The molecular weight excluding hydrogens is 389 g/mol. The summed E-state index contributed by atoms with van der Waals surface area (Å²) in [6, 6.07) is 10.2. The number of rotatable bonds is 3. The second-order valence-corrected chi connectivity index (χ2v) is 7.60. The molecule has 3 rings (SSSR count). The first-order valence-corrected chi connectivity index (χ1v) is 9.10. The van der Waals surface area contributed by atoms with Gasteiger partial charge in [0, 0.05) is 23.7 Å². The molecule has 0 aromatic heterocycles. The fraction of sp³-hybridized carbons (Fsp3) is 0.350. The molecule has 1 aliphatic heterocycles. The van der Waals surface area contributed by atoms with Gasteiger partial charge in [0.2, 0.25) is 0 Å². The largest absolute Gasteiger partial charge is 0.497 e. The Morgan fingerprint density at radius 1 is 1.18 bits per heavy atom. The van der Waals surface area contributed by atoms with E-state index in [4.69, 9.17) is 21.7 Å². The highest BCUT2D eigenvalue weighted by atomic mass is 32.1. The summed E-state index contributed by atoms with van der Waals surface area (Å²) in [5.74, 6) is 1.41. The summed E-state index contributed by atoms with van der Waals surface area (Å²) in [5, 5.41) is 6.50. The number of anilines is 1. The van der Waals surface area contributed by atoms with Crippen molar-refractivity contribution in [3.05, 3.63) is 53.6 Å². The molecule has 2 aromatic rings. The first-order chi connectivity index (χ1) is 13.1. The van der Waals surface area contributed by atoms with Crippen LogP contribution in [0, 0.1) is 0 Å². The lowest BCUT2D eigenvalue weighted by atomic mass is 9.89. The molecule has 150 valence electrons. The van der Waals surface area contributed by atoms with Gasteiger partial charge >= 0.3 is 6.18 Å². The van der Waals surface area contributed by atoms with Crippen molar-refractivity contribution >= 4 is 23.0 Å². The first-order valence-electron chi connectivity index (χ1n) is 8.69. The lowest BCUT2D eigenvalue weighted by molar-refractivity contribution is -0.137. The van der Waals surface area contributed by atoms with Crippen molar-refractivity contribution in [1.82, 2.24) is 5.32 Å². The molecular formula is C20H21F3N2O2S. The Labute approximate surface area is 167 Å². The van der Waals surface area contributed by atoms with Crippen LogP contribution in [0.5, 0.6) is 11.5 Å². The minimum atomic E-state index is -4.37. The molecule has 8 heteroatoms. The second-order valence-electron chi connectivity index (χ2n) is 7.20. The summed E-state index contributed by atoms with van der Waals surface area (Å²) < 4.78 is 49.3. The summed E-state index contributed by atoms with van der Waals surface area (Å²) in [7, 11) is 1.59. The number of methoxy groups -OCH3 is 1. The number of thiocarbonyl (C=S) groups is 1. The van der Waals surface area contributed by atoms with E-state index in [0.29, 0.717) is 28.7 Å². The van der Waals surface area contributed by atoms with E-state index in [-0.39, 0.29) is 6.04 Å². The van der Waals surface area contributed by atoms with Crippen molar-refractivity contribution in [2.75, 3.05) is 12.4 Å². The van der Waals surface area contributed by atoms with E-state index in [9.17, 15) is 13.2 Å². The van der Waals surface area contributed by atoms with E-state index in [1.165, 1.54) is 12.1 Å². The van der Waals surface area contributed by atoms with E-state index in [1.807, 2.05) is 32.0 Å². The smallest absolute Gasteiger partial charge is 0.416 e. The van der Waals surface area contributed by atoms with Crippen LogP contribution in [0.15, 0.2) is 42.5 Å². The highest BCUT2D eigenvalue weighted by Gasteiger charge is 2.34. The van der Waals surface area contributed by atoms with E-state index >= 15 is 0 Å². The average Bonchev–Trinajstić information content (AvgIpc) is 2.59. The molecule has 2 N–H and O–H groups in total. The topological polar surface area (TPSA) is 42.5 Å². The molecule has 2 aromatic carbocycles. The van der Waals surface area contributed by atoms with Crippen LogP contribution in [0.3, 0.4) is 0 Å². The van der Waals surface area contributed by atoms with E-state index in [0.717, 1.165) is 17.7 Å². The van der Waals surface area contributed by atoms with Gasteiger partial charge < -0.3 is 20.1 Å². The van der Waals surface area contributed by atoms with Gasteiger partial charge in [0.1, 0.15) is 17.1 Å².